The number of hydrogen-bond acceptors (Lipinski definition) is 2. The third-order valence-electron chi connectivity index (χ3n) is 3.65. The highest BCUT2D eigenvalue weighted by Crippen LogP contribution is 2.33. The summed E-state index contributed by atoms with van der Waals surface area (Å²) in [6, 6.07) is 4.22. The van der Waals surface area contributed by atoms with Crippen molar-refractivity contribution in [1.29, 1.82) is 0 Å². The highest BCUT2D eigenvalue weighted by molar-refractivity contribution is 9.11. The second kappa shape index (κ2) is 6.14. The van der Waals surface area contributed by atoms with E-state index in [9.17, 15) is 4.79 Å². The van der Waals surface area contributed by atoms with E-state index < -0.39 is 0 Å². The van der Waals surface area contributed by atoms with Crippen LogP contribution in [0.2, 0.25) is 0 Å². The summed E-state index contributed by atoms with van der Waals surface area (Å²) in [5.74, 6) is 1.55. The largest absolute Gasteiger partial charge is 0.299 e. The van der Waals surface area contributed by atoms with Crippen molar-refractivity contribution in [2.45, 2.75) is 45.4 Å². The first kappa shape index (κ1) is 13.3. The van der Waals surface area contributed by atoms with Gasteiger partial charge in [0.05, 0.1) is 3.79 Å². The Balaban J connectivity index is 1.96. The SMILES string of the molecule is CCCC1CCC(=O)C(Cc2ccc(Br)s2)C1. The van der Waals surface area contributed by atoms with Crippen LogP contribution in [0.1, 0.15) is 43.9 Å². The molecular weight excluding hydrogens is 296 g/mol. The van der Waals surface area contributed by atoms with E-state index in [2.05, 4.69) is 35.0 Å². The molecule has 3 heteroatoms. The molecule has 0 amide bonds. The molecular formula is C14H19BrOS. The summed E-state index contributed by atoms with van der Waals surface area (Å²) in [6.07, 6.45) is 6.53. The quantitative estimate of drug-likeness (QED) is 0.777. The van der Waals surface area contributed by atoms with Gasteiger partial charge in [0.15, 0.2) is 0 Å². The van der Waals surface area contributed by atoms with Crippen molar-refractivity contribution >= 4 is 33.0 Å². The van der Waals surface area contributed by atoms with Crippen molar-refractivity contribution in [3.05, 3.63) is 20.8 Å². The molecule has 0 aliphatic heterocycles. The van der Waals surface area contributed by atoms with Crippen LogP contribution in [0.15, 0.2) is 15.9 Å². The first-order chi connectivity index (χ1) is 8.19. The highest BCUT2D eigenvalue weighted by Gasteiger charge is 2.28. The molecule has 0 N–H and O–H groups in total. The Bertz CT molecular complexity index is 385. The Kier molecular flexibility index (Phi) is 4.80. The molecule has 94 valence electrons. The maximum atomic E-state index is 11.9. The average Bonchev–Trinajstić information content (AvgIpc) is 2.69. The first-order valence-electron chi connectivity index (χ1n) is 6.46. The third kappa shape index (κ3) is 3.65. The predicted octanol–water partition coefficient (Wildman–Crippen LogP) is 4.84. The molecule has 0 bridgehead atoms. The van der Waals surface area contributed by atoms with Crippen LogP contribution in [0.3, 0.4) is 0 Å². The molecule has 1 aliphatic carbocycles. The summed E-state index contributed by atoms with van der Waals surface area (Å²) in [6.45, 7) is 2.24. The van der Waals surface area contributed by atoms with Crippen LogP contribution < -0.4 is 0 Å². The van der Waals surface area contributed by atoms with E-state index in [1.54, 1.807) is 11.3 Å². The standard InChI is InChI=1S/C14H19BrOS/c1-2-3-10-4-6-13(16)11(8-10)9-12-5-7-14(15)17-12/h5,7,10-11H,2-4,6,8-9H2,1H3. The van der Waals surface area contributed by atoms with E-state index >= 15 is 0 Å². The van der Waals surface area contributed by atoms with E-state index in [-0.39, 0.29) is 5.92 Å². The second-order valence-corrected chi connectivity index (χ2v) is 7.55. The Morgan fingerprint density at radius 2 is 2.29 bits per heavy atom. The number of Topliss-reactive ketones (excluding diaryl/α,β-unsaturated/α-hetero) is 1. The Hall–Kier alpha value is -0.150. The van der Waals surface area contributed by atoms with Crippen LogP contribution in [-0.4, -0.2) is 5.78 Å². The minimum atomic E-state index is 0.283. The molecule has 1 aliphatic rings. The molecule has 2 atom stereocenters. The summed E-state index contributed by atoms with van der Waals surface area (Å²) in [7, 11) is 0. The van der Waals surface area contributed by atoms with Gasteiger partial charge in [-0.3, -0.25) is 4.79 Å². The molecule has 0 radical (unpaired) electrons. The molecule has 0 saturated heterocycles. The van der Waals surface area contributed by atoms with Crippen LogP contribution >= 0.6 is 27.3 Å². The zero-order chi connectivity index (χ0) is 12.3. The molecule has 2 rings (SSSR count). The molecule has 1 aromatic heterocycles. The van der Waals surface area contributed by atoms with Gasteiger partial charge in [0.25, 0.3) is 0 Å². The first-order valence-corrected chi connectivity index (χ1v) is 8.07. The molecule has 1 aromatic rings. The lowest BCUT2D eigenvalue weighted by Crippen LogP contribution is -2.26. The van der Waals surface area contributed by atoms with Crippen molar-refractivity contribution in [2.75, 3.05) is 0 Å². The lowest BCUT2D eigenvalue weighted by Gasteiger charge is -2.27. The van der Waals surface area contributed by atoms with Gasteiger partial charge in [-0.1, -0.05) is 19.8 Å². The zero-order valence-corrected chi connectivity index (χ0v) is 12.6. The van der Waals surface area contributed by atoms with E-state index in [4.69, 9.17) is 0 Å². The lowest BCUT2D eigenvalue weighted by atomic mass is 9.77. The third-order valence-corrected chi connectivity index (χ3v) is 5.29. The van der Waals surface area contributed by atoms with E-state index in [1.807, 2.05) is 0 Å². The van der Waals surface area contributed by atoms with Crippen LogP contribution in [-0.2, 0) is 11.2 Å². The number of thiophene rings is 1. The minimum absolute atomic E-state index is 0.283. The predicted molar refractivity (Wildman–Crippen MR) is 76.5 cm³/mol. The van der Waals surface area contributed by atoms with Crippen molar-refractivity contribution in [1.82, 2.24) is 0 Å². The van der Waals surface area contributed by atoms with E-state index in [1.165, 1.54) is 21.5 Å². The zero-order valence-electron chi connectivity index (χ0n) is 10.2. The molecule has 1 nitrogen and oxygen atoms in total. The molecule has 1 heterocycles. The summed E-state index contributed by atoms with van der Waals surface area (Å²) >= 11 is 5.24. The maximum absolute atomic E-state index is 11.9. The number of hydrogen-bond donors (Lipinski definition) is 0. The summed E-state index contributed by atoms with van der Waals surface area (Å²) in [4.78, 5) is 13.3. The Morgan fingerprint density at radius 3 is 2.94 bits per heavy atom. The summed E-state index contributed by atoms with van der Waals surface area (Å²) in [5, 5.41) is 0. The van der Waals surface area contributed by atoms with Gasteiger partial charge in [-0.05, 0) is 53.2 Å². The smallest absolute Gasteiger partial charge is 0.136 e. The number of carbonyl (C=O) groups is 1. The molecule has 0 aromatic carbocycles. The molecule has 17 heavy (non-hydrogen) atoms. The Morgan fingerprint density at radius 1 is 1.47 bits per heavy atom. The van der Waals surface area contributed by atoms with Gasteiger partial charge >= 0.3 is 0 Å². The fourth-order valence-electron chi connectivity index (χ4n) is 2.77. The van der Waals surface area contributed by atoms with Gasteiger partial charge in [0.2, 0.25) is 0 Å². The van der Waals surface area contributed by atoms with Crippen LogP contribution in [0.5, 0.6) is 0 Å². The van der Waals surface area contributed by atoms with Crippen molar-refractivity contribution in [2.24, 2.45) is 11.8 Å². The lowest BCUT2D eigenvalue weighted by molar-refractivity contribution is -0.125. The monoisotopic (exact) mass is 314 g/mol. The van der Waals surface area contributed by atoms with Gasteiger partial charge < -0.3 is 0 Å². The highest BCUT2D eigenvalue weighted by atomic mass is 79.9. The van der Waals surface area contributed by atoms with E-state index in [0.717, 1.165) is 31.6 Å². The molecule has 1 saturated carbocycles. The van der Waals surface area contributed by atoms with E-state index in [0.29, 0.717) is 5.78 Å². The van der Waals surface area contributed by atoms with Crippen LogP contribution in [0, 0.1) is 11.8 Å². The summed E-state index contributed by atoms with van der Waals surface area (Å²) < 4.78 is 1.17. The normalized spacial score (nSPS) is 25.2. The minimum Gasteiger partial charge on any atom is -0.299 e. The summed E-state index contributed by atoms with van der Waals surface area (Å²) in [5.41, 5.74) is 0. The number of rotatable bonds is 4. The van der Waals surface area contributed by atoms with Crippen molar-refractivity contribution in [3.63, 3.8) is 0 Å². The van der Waals surface area contributed by atoms with Crippen molar-refractivity contribution < 1.29 is 4.79 Å². The Labute approximate surface area is 116 Å². The molecule has 1 fully saturated rings. The number of carbonyl (C=O) groups excluding carboxylic acids is 1. The van der Waals surface area contributed by atoms with Gasteiger partial charge in [0, 0.05) is 17.2 Å². The fourth-order valence-corrected chi connectivity index (χ4v) is 4.34. The maximum Gasteiger partial charge on any atom is 0.136 e. The van der Waals surface area contributed by atoms with Gasteiger partial charge in [0.1, 0.15) is 5.78 Å². The van der Waals surface area contributed by atoms with Crippen LogP contribution in [0.4, 0.5) is 0 Å². The van der Waals surface area contributed by atoms with Crippen molar-refractivity contribution in [3.8, 4) is 0 Å². The number of ketones is 1. The topological polar surface area (TPSA) is 17.1 Å². The van der Waals surface area contributed by atoms with Gasteiger partial charge in [-0.15, -0.1) is 11.3 Å². The number of halogens is 1. The van der Waals surface area contributed by atoms with Gasteiger partial charge in [-0.2, -0.15) is 0 Å². The fraction of sp³-hybridized carbons (Fsp3) is 0.643. The van der Waals surface area contributed by atoms with Gasteiger partial charge in [-0.25, -0.2) is 0 Å². The molecule has 2 unspecified atom stereocenters. The molecule has 0 spiro atoms. The second-order valence-electron chi connectivity index (χ2n) is 5.00. The average molecular weight is 315 g/mol. The van der Waals surface area contributed by atoms with Crippen LogP contribution in [0.25, 0.3) is 0 Å².